The quantitative estimate of drug-likeness (QED) is 0.653. The fourth-order valence-electron chi connectivity index (χ4n) is 2.75. The second-order valence-electron chi connectivity index (χ2n) is 5.26. The molecule has 0 amide bonds. The molecule has 108 valence electrons. The zero-order valence-electron chi connectivity index (χ0n) is 13.3. The summed E-state index contributed by atoms with van der Waals surface area (Å²) in [5, 5.41) is 3.41. The van der Waals surface area contributed by atoms with Gasteiger partial charge >= 0.3 is 0 Å². The smallest absolute Gasteiger partial charge is 0.00489 e. The lowest BCUT2D eigenvalue weighted by Gasteiger charge is -2.15. The van der Waals surface area contributed by atoms with E-state index >= 15 is 0 Å². The predicted octanol–water partition coefficient (Wildman–Crippen LogP) is 4.31. The maximum absolute atomic E-state index is 3.41. The molecule has 0 spiro atoms. The molecule has 1 N–H and O–H groups in total. The third-order valence-corrected chi connectivity index (χ3v) is 3.94. The highest BCUT2D eigenvalue weighted by Crippen LogP contribution is 2.22. The van der Waals surface area contributed by atoms with Gasteiger partial charge in [0.1, 0.15) is 0 Å². The van der Waals surface area contributed by atoms with Gasteiger partial charge in [0.05, 0.1) is 0 Å². The Labute approximate surface area is 119 Å². The van der Waals surface area contributed by atoms with Crippen molar-refractivity contribution in [2.75, 3.05) is 13.1 Å². The molecule has 0 heterocycles. The summed E-state index contributed by atoms with van der Waals surface area (Å²) in [6, 6.07) is 4.86. The van der Waals surface area contributed by atoms with E-state index in [1.54, 1.807) is 16.7 Å². The van der Waals surface area contributed by atoms with E-state index in [1.807, 2.05) is 0 Å². The summed E-state index contributed by atoms with van der Waals surface area (Å²) >= 11 is 0. The van der Waals surface area contributed by atoms with E-state index in [9.17, 15) is 0 Å². The highest BCUT2D eigenvalue weighted by Gasteiger charge is 2.08. The van der Waals surface area contributed by atoms with E-state index in [0.717, 1.165) is 19.5 Å². The maximum Gasteiger partial charge on any atom is -0.00489 e. The van der Waals surface area contributed by atoms with Crippen LogP contribution >= 0.6 is 0 Å². The van der Waals surface area contributed by atoms with Gasteiger partial charge in [-0.05, 0) is 73.9 Å². The first-order chi connectivity index (χ1) is 9.26. The molecule has 0 aliphatic heterocycles. The van der Waals surface area contributed by atoms with Crippen LogP contribution in [0.15, 0.2) is 12.1 Å². The minimum Gasteiger partial charge on any atom is -0.317 e. The lowest BCUT2D eigenvalue weighted by atomic mass is 9.90. The summed E-state index contributed by atoms with van der Waals surface area (Å²) in [7, 11) is 0. The Hall–Kier alpha value is -0.820. The number of hydrogen-bond acceptors (Lipinski definition) is 1. The van der Waals surface area contributed by atoms with E-state index in [0.29, 0.717) is 0 Å². The van der Waals surface area contributed by atoms with Crippen LogP contribution in [-0.2, 0) is 25.7 Å². The van der Waals surface area contributed by atoms with Crippen molar-refractivity contribution in [3.8, 4) is 0 Å². The average molecular weight is 261 g/mol. The van der Waals surface area contributed by atoms with Crippen molar-refractivity contribution >= 4 is 0 Å². The van der Waals surface area contributed by atoms with Gasteiger partial charge in [-0.3, -0.25) is 0 Å². The van der Waals surface area contributed by atoms with E-state index in [2.05, 4.69) is 45.1 Å². The molecule has 0 saturated heterocycles. The lowest BCUT2D eigenvalue weighted by Crippen LogP contribution is -2.14. The van der Waals surface area contributed by atoms with Crippen molar-refractivity contribution < 1.29 is 0 Å². The van der Waals surface area contributed by atoms with Crippen LogP contribution in [0.5, 0.6) is 0 Å². The van der Waals surface area contributed by atoms with Gasteiger partial charge in [0.2, 0.25) is 0 Å². The van der Waals surface area contributed by atoms with E-state index < -0.39 is 0 Å². The van der Waals surface area contributed by atoms with Crippen LogP contribution in [0, 0.1) is 0 Å². The predicted molar refractivity (Wildman–Crippen MR) is 86.1 cm³/mol. The van der Waals surface area contributed by atoms with Crippen LogP contribution in [0.2, 0.25) is 0 Å². The van der Waals surface area contributed by atoms with Gasteiger partial charge in [-0.25, -0.2) is 0 Å². The second kappa shape index (κ2) is 9.14. The maximum atomic E-state index is 3.41. The van der Waals surface area contributed by atoms with Crippen LogP contribution in [0.25, 0.3) is 0 Å². The Kier molecular flexibility index (Phi) is 7.81. The van der Waals surface area contributed by atoms with Gasteiger partial charge in [-0.1, -0.05) is 39.8 Å². The van der Waals surface area contributed by atoms with Crippen molar-refractivity contribution in [1.29, 1.82) is 0 Å². The fourth-order valence-corrected chi connectivity index (χ4v) is 2.75. The van der Waals surface area contributed by atoms with Crippen molar-refractivity contribution in [2.24, 2.45) is 0 Å². The molecule has 1 heteroatoms. The topological polar surface area (TPSA) is 12.0 Å². The molecule has 0 fully saturated rings. The Morgan fingerprint density at radius 2 is 1.47 bits per heavy atom. The standard InChI is InChI=1S/C18H31N/c1-5-15-13-16(6-2)18(17(7-3)14-15)11-9-10-12-19-8-4/h13-14,19H,5-12H2,1-4H3. The molecule has 1 aromatic carbocycles. The Morgan fingerprint density at radius 3 is 1.95 bits per heavy atom. The van der Waals surface area contributed by atoms with Crippen molar-refractivity contribution in [3.05, 3.63) is 34.4 Å². The van der Waals surface area contributed by atoms with Crippen LogP contribution in [-0.4, -0.2) is 13.1 Å². The molecule has 0 atom stereocenters. The molecular weight excluding hydrogens is 230 g/mol. The monoisotopic (exact) mass is 261 g/mol. The second-order valence-corrected chi connectivity index (χ2v) is 5.26. The molecule has 0 saturated carbocycles. The lowest BCUT2D eigenvalue weighted by molar-refractivity contribution is 0.638. The van der Waals surface area contributed by atoms with Gasteiger partial charge in [-0.2, -0.15) is 0 Å². The van der Waals surface area contributed by atoms with Gasteiger partial charge < -0.3 is 5.32 Å². The van der Waals surface area contributed by atoms with E-state index in [4.69, 9.17) is 0 Å². The Bertz CT molecular complexity index is 343. The molecule has 1 rings (SSSR count). The third kappa shape index (κ3) is 4.99. The zero-order valence-corrected chi connectivity index (χ0v) is 13.3. The third-order valence-electron chi connectivity index (χ3n) is 3.94. The summed E-state index contributed by atoms with van der Waals surface area (Å²) in [5.41, 5.74) is 6.31. The van der Waals surface area contributed by atoms with Crippen LogP contribution in [0.3, 0.4) is 0 Å². The summed E-state index contributed by atoms with van der Waals surface area (Å²) in [5.74, 6) is 0. The first kappa shape index (κ1) is 16.2. The molecular formula is C18H31N. The zero-order chi connectivity index (χ0) is 14.1. The largest absolute Gasteiger partial charge is 0.317 e. The van der Waals surface area contributed by atoms with Gasteiger partial charge in [0.25, 0.3) is 0 Å². The Morgan fingerprint density at radius 1 is 0.842 bits per heavy atom. The summed E-state index contributed by atoms with van der Waals surface area (Å²) in [6.07, 6.45) is 7.34. The molecule has 0 aliphatic rings. The van der Waals surface area contributed by atoms with Crippen molar-refractivity contribution in [2.45, 2.75) is 66.2 Å². The average Bonchev–Trinajstić information content (AvgIpc) is 2.46. The summed E-state index contributed by atoms with van der Waals surface area (Å²) in [6.45, 7) is 11.3. The first-order valence-electron chi connectivity index (χ1n) is 8.10. The van der Waals surface area contributed by atoms with Crippen LogP contribution in [0.4, 0.5) is 0 Å². The molecule has 0 radical (unpaired) electrons. The molecule has 19 heavy (non-hydrogen) atoms. The number of rotatable bonds is 9. The molecule has 0 aliphatic carbocycles. The van der Waals surface area contributed by atoms with E-state index in [-0.39, 0.29) is 0 Å². The number of benzene rings is 1. The van der Waals surface area contributed by atoms with Crippen molar-refractivity contribution in [1.82, 2.24) is 5.32 Å². The highest BCUT2D eigenvalue weighted by atomic mass is 14.8. The summed E-state index contributed by atoms with van der Waals surface area (Å²) < 4.78 is 0. The number of aryl methyl sites for hydroxylation is 3. The molecule has 0 bridgehead atoms. The fraction of sp³-hybridized carbons (Fsp3) is 0.667. The van der Waals surface area contributed by atoms with Gasteiger partial charge in [0.15, 0.2) is 0 Å². The van der Waals surface area contributed by atoms with Crippen molar-refractivity contribution in [3.63, 3.8) is 0 Å². The first-order valence-corrected chi connectivity index (χ1v) is 8.10. The highest BCUT2D eigenvalue weighted by molar-refractivity contribution is 5.39. The van der Waals surface area contributed by atoms with Gasteiger partial charge in [-0.15, -0.1) is 0 Å². The molecule has 1 aromatic rings. The molecule has 0 aromatic heterocycles. The van der Waals surface area contributed by atoms with Crippen LogP contribution < -0.4 is 5.32 Å². The SMILES string of the molecule is CCNCCCCc1c(CC)cc(CC)cc1CC. The number of nitrogens with one attached hydrogen (secondary N) is 1. The minimum atomic E-state index is 1.09. The van der Waals surface area contributed by atoms with Gasteiger partial charge in [0, 0.05) is 0 Å². The van der Waals surface area contributed by atoms with Crippen LogP contribution in [0.1, 0.15) is 62.8 Å². The molecule has 1 nitrogen and oxygen atoms in total. The minimum absolute atomic E-state index is 1.09. The normalized spacial score (nSPS) is 10.9. The number of hydrogen-bond donors (Lipinski definition) is 1. The number of unbranched alkanes of at least 4 members (excludes halogenated alkanes) is 1. The van der Waals surface area contributed by atoms with E-state index in [1.165, 1.54) is 37.7 Å². The summed E-state index contributed by atoms with van der Waals surface area (Å²) in [4.78, 5) is 0. The molecule has 0 unspecified atom stereocenters. The Balaban J connectivity index is 2.73.